The van der Waals surface area contributed by atoms with Crippen molar-refractivity contribution in [3.05, 3.63) is 38.7 Å². The van der Waals surface area contributed by atoms with Crippen LogP contribution in [0.15, 0.2) is 33.9 Å². The first-order valence-electron chi connectivity index (χ1n) is 6.96. The number of sulfonamides is 1. The Morgan fingerprint density at radius 2 is 2.10 bits per heavy atom. The molecule has 2 heterocycles. The topological polar surface area (TPSA) is 58.2 Å². The zero-order valence-electron chi connectivity index (χ0n) is 11.5. The van der Waals surface area contributed by atoms with E-state index in [-0.39, 0.29) is 0 Å². The lowest BCUT2D eigenvalue weighted by Gasteiger charge is -2.03. The third kappa shape index (κ3) is 4.37. The van der Waals surface area contributed by atoms with Crippen molar-refractivity contribution in [1.29, 1.82) is 0 Å². The van der Waals surface area contributed by atoms with Crippen LogP contribution in [0, 0.1) is 0 Å². The highest BCUT2D eigenvalue weighted by molar-refractivity contribution is 7.89. The molecule has 1 fully saturated rings. The molecule has 21 heavy (non-hydrogen) atoms. The standard InChI is InChI=1S/C14H18N2O2S3/c17-21(18,16-6-5-12-2-1-7-19-12)14-8-13(20-10-14)9-15-11-3-4-11/h1-2,7-8,10-11,15-16H,3-6,9H2. The van der Waals surface area contributed by atoms with Gasteiger partial charge in [0.05, 0.1) is 4.90 Å². The molecule has 0 radical (unpaired) electrons. The Morgan fingerprint density at radius 1 is 1.24 bits per heavy atom. The van der Waals surface area contributed by atoms with E-state index in [2.05, 4.69) is 10.0 Å². The van der Waals surface area contributed by atoms with Gasteiger partial charge in [-0.2, -0.15) is 0 Å². The average Bonchev–Trinajstić information content (AvgIpc) is 2.93. The summed E-state index contributed by atoms with van der Waals surface area (Å²) >= 11 is 3.15. The second-order valence-corrected chi connectivity index (χ2v) is 8.93. The zero-order valence-corrected chi connectivity index (χ0v) is 14.0. The van der Waals surface area contributed by atoms with Crippen LogP contribution >= 0.6 is 22.7 Å². The largest absolute Gasteiger partial charge is 0.309 e. The van der Waals surface area contributed by atoms with Crippen LogP contribution < -0.4 is 10.0 Å². The molecular weight excluding hydrogens is 324 g/mol. The van der Waals surface area contributed by atoms with Gasteiger partial charge in [-0.1, -0.05) is 6.07 Å². The summed E-state index contributed by atoms with van der Waals surface area (Å²) in [5, 5.41) is 7.12. The van der Waals surface area contributed by atoms with Gasteiger partial charge in [0.2, 0.25) is 10.0 Å². The van der Waals surface area contributed by atoms with Crippen molar-refractivity contribution >= 4 is 32.7 Å². The summed E-state index contributed by atoms with van der Waals surface area (Å²) in [4.78, 5) is 2.64. The van der Waals surface area contributed by atoms with Gasteiger partial charge in [0.15, 0.2) is 0 Å². The molecule has 7 heteroatoms. The molecule has 0 unspecified atom stereocenters. The molecule has 0 atom stereocenters. The molecule has 2 aromatic heterocycles. The lowest BCUT2D eigenvalue weighted by atomic mass is 10.3. The minimum Gasteiger partial charge on any atom is -0.309 e. The first-order valence-corrected chi connectivity index (χ1v) is 10.2. The Labute approximate surface area is 133 Å². The fraction of sp³-hybridized carbons (Fsp3) is 0.429. The van der Waals surface area contributed by atoms with Crippen molar-refractivity contribution in [3.8, 4) is 0 Å². The predicted molar refractivity (Wildman–Crippen MR) is 87.4 cm³/mol. The van der Waals surface area contributed by atoms with E-state index in [4.69, 9.17) is 0 Å². The summed E-state index contributed by atoms with van der Waals surface area (Å²) < 4.78 is 27.1. The number of rotatable bonds is 8. The highest BCUT2D eigenvalue weighted by Crippen LogP contribution is 2.23. The van der Waals surface area contributed by atoms with Crippen LogP contribution in [0.4, 0.5) is 0 Å². The lowest BCUT2D eigenvalue weighted by molar-refractivity contribution is 0.582. The van der Waals surface area contributed by atoms with Gasteiger partial charge >= 0.3 is 0 Å². The smallest absolute Gasteiger partial charge is 0.241 e. The fourth-order valence-electron chi connectivity index (χ4n) is 1.97. The van der Waals surface area contributed by atoms with Crippen LogP contribution in [0.3, 0.4) is 0 Å². The minimum atomic E-state index is -3.38. The highest BCUT2D eigenvalue weighted by Gasteiger charge is 2.21. The van der Waals surface area contributed by atoms with Gasteiger partial charge in [-0.25, -0.2) is 13.1 Å². The molecule has 4 nitrogen and oxygen atoms in total. The predicted octanol–water partition coefficient (Wildman–Crippen LogP) is 2.58. The number of hydrogen-bond acceptors (Lipinski definition) is 5. The Kier molecular flexibility index (Phi) is 4.75. The molecule has 1 aliphatic rings. The lowest BCUT2D eigenvalue weighted by Crippen LogP contribution is -2.25. The van der Waals surface area contributed by atoms with Crippen molar-refractivity contribution in [1.82, 2.24) is 10.0 Å². The third-order valence-electron chi connectivity index (χ3n) is 3.33. The highest BCUT2D eigenvalue weighted by atomic mass is 32.2. The molecule has 1 aliphatic carbocycles. The van der Waals surface area contributed by atoms with Gasteiger partial charge in [-0.15, -0.1) is 22.7 Å². The second-order valence-electron chi connectivity index (χ2n) is 5.13. The first-order chi connectivity index (χ1) is 10.1. The van der Waals surface area contributed by atoms with Gasteiger partial charge in [0, 0.05) is 34.3 Å². The van der Waals surface area contributed by atoms with Crippen LogP contribution in [0.25, 0.3) is 0 Å². The molecular formula is C14H18N2O2S3. The van der Waals surface area contributed by atoms with E-state index in [1.165, 1.54) is 29.1 Å². The van der Waals surface area contributed by atoms with Crippen molar-refractivity contribution < 1.29 is 8.42 Å². The molecule has 1 saturated carbocycles. The molecule has 114 valence electrons. The summed E-state index contributed by atoms with van der Waals surface area (Å²) in [6, 6.07) is 6.40. The maximum absolute atomic E-state index is 12.2. The summed E-state index contributed by atoms with van der Waals surface area (Å²) in [6.45, 7) is 1.20. The summed E-state index contributed by atoms with van der Waals surface area (Å²) in [6.07, 6.45) is 3.21. The molecule has 2 aromatic rings. The Bertz CT molecular complexity index is 673. The Morgan fingerprint density at radius 3 is 2.81 bits per heavy atom. The van der Waals surface area contributed by atoms with Crippen molar-refractivity contribution in [2.24, 2.45) is 0 Å². The average molecular weight is 343 g/mol. The van der Waals surface area contributed by atoms with Crippen LogP contribution in [-0.2, 0) is 23.0 Å². The van der Waals surface area contributed by atoms with E-state index in [9.17, 15) is 8.42 Å². The Hall–Kier alpha value is -0.730. The minimum absolute atomic E-state index is 0.381. The molecule has 3 rings (SSSR count). The number of thiophene rings is 2. The van der Waals surface area contributed by atoms with Crippen molar-refractivity contribution in [3.63, 3.8) is 0 Å². The number of hydrogen-bond donors (Lipinski definition) is 2. The molecule has 0 aromatic carbocycles. The molecule has 0 saturated heterocycles. The van der Waals surface area contributed by atoms with Crippen LogP contribution in [0.2, 0.25) is 0 Å². The summed E-state index contributed by atoms with van der Waals surface area (Å²) in [5.74, 6) is 0. The summed E-state index contributed by atoms with van der Waals surface area (Å²) in [5.41, 5.74) is 0. The van der Waals surface area contributed by atoms with Crippen LogP contribution in [-0.4, -0.2) is 21.0 Å². The molecule has 0 spiro atoms. The number of nitrogens with one attached hydrogen (secondary N) is 2. The van der Waals surface area contributed by atoms with Crippen LogP contribution in [0.5, 0.6) is 0 Å². The first kappa shape index (κ1) is 15.2. The normalized spacial score (nSPS) is 15.4. The van der Waals surface area contributed by atoms with E-state index >= 15 is 0 Å². The zero-order chi connectivity index (χ0) is 14.7. The molecule has 0 bridgehead atoms. The van der Waals surface area contributed by atoms with E-state index in [1.54, 1.807) is 22.8 Å². The summed E-state index contributed by atoms with van der Waals surface area (Å²) in [7, 11) is -3.38. The van der Waals surface area contributed by atoms with E-state index in [0.29, 0.717) is 17.5 Å². The van der Waals surface area contributed by atoms with Crippen LogP contribution in [0.1, 0.15) is 22.6 Å². The van der Waals surface area contributed by atoms with Gasteiger partial charge in [0.25, 0.3) is 0 Å². The van der Waals surface area contributed by atoms with Crippen molar-refractivity contribution in [2.45, 2.75) is 36.7 Å². The van der Waals surface area contributed by atoms with Gasteiger partial charge in [0.1, 0.15) is 0 Å². The molecule has 2 N–H and O–H groups in total. The van der Waals surface area contributed by atoms with Gasteiger partial charge < -0.3 is 5.32 Å². The maximum atomic E-state index is 12.2. The Balaban J connectivity index is 1.53. The van der Waals surface area contributed by atoms with Gasteiger partial charge in [-0.3, -0.25) is 0 Å². The second kappa shape index (κ2) is 6.58. The molecule has 0 aliphatic heterocycles. The third-order valence-corrected chi connectivity index (χ3v) is 6.79. The van der Waals surface area contributed by atoms with E-state index in [0.717, 1.165) is 17.8 Å². The van der Waals surface area contributed by atoms with E-state index < -0.39 is 10.0 Å². The van der Waals surface area contributed by atoms with Gasteiger partial charge in [-0.05, 0) is 36.8 Å². The quantitative estimate of drug-likeness (QED) is 0.775. The van der Waals surface area contributed by atoms with E-state index in [1.807, 2.05) is 17.5 Å². The fourth-order valence-corrected chi connectivity index (χ4v) is 4.94. The molecule has 0 amide bonds. The van der Waals surface area contributed by atoms with Crippen molar-refractivity contribution in [2.75, 3.05) is 6.54 Å². The maximum Gasteiger partial charge on any atom is 0.241 e. The SMILES string of the molecule is O=S(=O)(NCCc1cccs1)c1csc(CNC2CC2)c1. The monoisotopic (exact) mass is 342 g/mol.